The zero-order valence-electron chi connectivity index (χ0n) is 19.1. The van der Waals surface area contributed by atoms with Crippen molar-refractivity contribution in [2.75, 3.05) is 56.1 Å². The van der Waals surface area contributed by atoms with Gasteiger partial charge < -0.3 is 20.3 Å². The summed E-state index contributed by atoms with van der Waals surface area (Å²) >= 11 is 0. The molecule has 0 unspecified atom stereocenters. The Kier molecular flexibility index (Phi) is 7.76. The minimum absolute atomic E-state index is 0.264. The lowest BCUT2D eigenvalue weighted by Crippen LogP contribution is -2.44. The van der Waals surface area contributed by atoms with Gasteiger partial charge in [-0.15, -0.1) is 0 Å². The van der Waals surface area contributed by atoms with E-state index in [1.54, 1.807) is 33.1 Å². The van der Waals surface area contributed by atoms with Gasteiger partial charge in [0.15, 0.2) is 0 Å². The van der Waals surface area contributed by atoms with Gasteiger partial charge in [-0.05, 0) is 50.1 Å². The minimum Gasteiger partial charge on any atom is -0.383 e. The average Bonchev–Trinajstić information content (AvgIpc) is 2.73. The van der Waals surface area contributed by atoms with Gasteiger partial charge in [-0.1, -0.05) is 17.7 Å². The summed E-state index contributed by atoms with van der Waals surface area (Å²) in [5.74, 6) is -0.265. The highest BCUT2D eigenvalue weighted by Crippen LogP contribution is 2.28. The van der Waals surface area contributed by atoms with E-state index in [1.165, 1.54) is 0 Å². The van der Waals surface area contributed by atoms with Crippen LogP contribution in [0.2, 0.25) is 0 Å². The van der Waals surface area contributed by atoms with Gasteiger partial charge in [0.25, 0.3) is 15.9 Å². The van der Waals surface area contributed by atoms with Crippen LogP contribution >= 0.6 is 0 Å². The Morgan fingerprint density at radius 3 is 2.38 bits per heavy atom. The molecule has 9 heteroatoms. The largest absolute Gasteiger partial charge is 0.383 e. The van der Waals surface area contributed by atoms with Crippen molar-refractivity contribution in [1.82, 2.24) is 10.6 Å². The number of nitrogens with one attached hydrogen (secondary N) is 3. The van der Waals surface area contributed by atoms with Crippen LogP contribution in [-0.2, 0) is 14.8 Å². The summed E-state index contributed by atoms with van der Waals surface area (Å²) in [4.78, 5) is 15.3. The molecule has 0 aliphatic carbocycles. The second-order valence-electron chi connectivity index (χ2n) is 8.05. The first-order valence-corrected chi connectivity index (χ1v) is 12.2. The predicted molar refractivity (Wildman–Crippen MR) is 127 cm³/mol. The molecule has 1 amide bonds. The third-order valence-corrected chi connectivity index (χ3v) is 7.10. The number of sulfonamides is 1. The molecule has 1 heterocycles. The number of piperazine rings is 1. The van der Waals surface area contributed by atoms with Gasteiger partial charge in [-0.2, -0.15) is 0 Å². The molecule has 3 rings (SSSR count). The summed E-state index contributed by atoms with van der Waals surface area (Å²) in [7, 11) is -2.25. The summed E-state index contributed by atoms with van der Waals surface area (Å²) in [5.41, 5.74) is 3.94. The first kappa shape index (κ1) is 24.0. The number of ether oxygens (including phenoxy) is 1. The smallest absolute Gasteiger partial charge is 0.262 e. The van der Waals surface area contributed by atoms with Crippen molar-refractivity contribution in [2.45, 2.75) is 25.7 Å². The normalized spacial score (nSPS) is 14.3. The van der Waals surface area contributed by atoms with Crippen molar-refractivity contribution in [3.05, 3.63) is 52.6 Å². The van der Waals surface area contributed by atoms with E-state index < -0.39 is 10.0 Å². The number of anilines is 2. The lowest BCUT2D eigenvalue weighted by atomic mass is 10.1. The van der Waals surface area contributed by atoms with Gasteiger partial charge in [0, 0.05) is 51.2 Å². The molecule has 3 N–H and O–H groups in total. The monoisotopic (exact) mass is 460 g/mol. The van der Waals surface area contributed by atoms with Crippen molar-refractivity contribution in [3.8, 4) is 0 Å². The molecule has 0 radical (unpaired) electrons. The van der Waals surface area contributed by atoms with Crippen LogP contribution in [0, 0.1) is 20.8 Å². The van der Waals surface area contributed by atoms with Crippen LogP contribution in [0.25, 0.3) is 0 Å². The molecule has 32 heavy (non-hydrogen) atoms. The number of hydrogen-bond donors (Lipinski definition) is 3. The van der Waals surface area contributed by atoms with Crippen molar-refractivity contribution in [2.24, 2.45) is 0 Å². The molecule has 0 spiro atoms. The number of hydrogen-bond acceptors (Lipinski definition) is 6. The second-order valence-corrected chi connectivity index (χ2v) is 9.67. The molecule has 0 aromatic heterocycles. The van der Waals surface area contributed by atoms with Gasteiger partial charge in [0.2, 0.25) is 0 Å². The van der Waals surface area contributed by atoms with E-state index in [0.717, 1.165) is 37.4 Å². The Bertz CT molecular complexity index is 1060. The van der Waals surface area contributed by atoms with Gasteiger partial charge in [0.05, 0.1) is 17.1 Å². The van der Waals surface area contributed by atoms with E-state index in [0.29, 0.717) is 35.5 Å². The molecule has 2 aromatic rings. The molecule has 1 aliphatic rings. The number of amides is 1. The third-order valence-electron chi connectivity index (χ3n) is 5.42. The number of methoxy groups -OCH3 is 1. The topological polar surface area (TPSA) is 99.8 Å². The molecule has 1 aliphatic heterocycles. The summed E-state index contributed by atoms with van der Waals surface area (Å²) in [6.45, 7) is 9.47. The van der Waals surface area contributed by atoms with Crippen molar-refractivity contribution < 1.29 is 17.9 Å². The average molecular weight is 461 g/mol. The molecule has 2 aromatic carbocycles. The first-order chi connectivity index (χ1) is 15.2. The van der Waals surface area contributed by atoms with Crippen LogP contribution in [0.15, 0.2) is 35.2 Å². The van der Waals surface area contributed by atoms with Crippen LogP contribution in [0.1, 0.15) is 27.0 Å². The van der Waals surface area contributed by atoms with E-state index in [2.05, 4.69) is 20.3 Å². The fraction of sp³-hybridized carbons (Fsp3) is 0.435. The van der Waals surface area contributed by atoms with E-state index in [-0.39, 0.29) is 10.8 Å². The molecule has 8 nitrogen and oxygen atoms in total. The van der Waals surface area contributed by atoms with Crippen LogP contribution in [0.4, 0.5) is 11.4 Å². The highest BCUT2D eigenvalue weighted by Gasteiger charge is 2.23. The highest BCUT2D eigenvalue weighted by molar-refractivity contribution is 7.92. The van der Waals surface area contributed by atoms with E-state index in [4.69, 9.17) is 4.74 Å². The molecule has 1 fully saturated rings. The Morgan fingerprint density at radius 1 is 1.09 bits per heavy atom. The van der Waals surface area contributed by atoms with Gasteiger partial charge in [0.1, 0.15) is 0 Å². The standard InChI is InChI=1S/C23H32N4O4S/c1-16-13-17(2)22(18(3)14-16)32(29,30)26-19-5-6-21(27-10-7-24-8-11-27)20(15-19)23(28)25-9-12-31-4/h5-6,13-15,24,26H,7-12H2,1-4H3,(H,25,28). The van der Waals surface area contributed by atoms with E-state index in [9.17, 15) is 13.2 Å². The van der Waals surface area contributed by atoms with Crippen LogP contribution in [-0.4, -0.2) is 60.8 Å². The van der Waals surface area contributed by atoms with Crippen LogP contribution < -0.4 is 20.3 Å². The second kappa shape index (κ2) is 10.3. The van der Waals surface area contributed by atoms with Crippen molar-refractivity contribution in [1.29, 1.82) is 0 Å². The first-order valence-electron chi connectivity index (χ1n) is 10.7. The summed E-state index contributed by atoms with van der Waals surface area (Å²) in [6, 6.07) is 8.83. The van der Waals surface area contributed by atoms with Gasteiger partial charge in [-0.3, -0.25) is 9.52 Å². The van der Waals surface area contributed by atoms with Crippen LogP contribution in [0.3, 0.4) is 0 Å². The molecular formula is C23H32N4O4S. The minimum atomic E-state index is -3.82. The quantitative estimate of drug-likeness (QED) is 0.523. The molecule has 0 saturated carbocycles. The molecule has 0 bridgehead atoms. The summed E-state index contributed by atoms with van der Waals surface area (Å²) in [5, 5.41) is 6.14. The van der Waals surface area contributed by atoms with E-state index >= 15 is 0 Å². The van der Waals surface area contributed by atoms with Gasteiger partial charge in [-0.25, -0.2) is 8.42 Å². The number of nitrogens with zero attached hydrogens (tertiary/aromatic N) is 1. The number of carbonyl (C=O) groups is 1. The number of benzene rings is 2. The maximum Gasteiger partial charge on any atom is 0.262 e. The summed E-state index contributed by atoms with van der Waals surface area (Å²) < 4.78 is 34.1. The number of carbonyl (C=O) groups excluding carboxylic acids is 1. The maximum absolute atomic E-state index is 13.2. The van der Waals surface area contributed by atoms with Gasteiger partial charge >= 0.3 is 0 Å². The Morgan fingerprint density at radius 2 is 1.75 bits per heavy atom. The lowest BCUT2D eigenvalue weighted by molar-refractivity contribution is 0.0937. The Balaban J connectivity index is 1.95. The lowest BCUT2D eigenvalue weighted by Gasteiger charge is -2.31. The van der Waals surface area contributed by atoms with Crippen molar-refractivity contribution in [3.63, 3.8) is 0 Å². The van der Waals surface area contributed by atoms with Crippen LogP contribution in [0.5, 0.6) is 0 Å². The molecule has 0 atom stereocenters. The number of aryl methyl sites for hydroxylation is 3. The number of rotatable bonds is 8. The zero-order valence-corrected chi connectivity index (χ0v) is 19.9. The molecule has 1 saturated heterocycles. The Labute approximate surface area is 190 Å². The summed E-state index contributed by atoms with van der Waals surface area (Å²) in [6.07, 6.45) is 0. The zero-order chi connectivity index (χ0) is 23.3. The highest BCUT2D eigenvalue weighted by atomic mass is 32.2. The Hall–Kier alpha value is -2.62. The fourth-order valence-corrected chi connectivity index (χ4v) is 5.63. The SMILES string of the molecule is COCCNC(=O)c1cc(NS(=O)(=O)c2c(C)cc(C)cc2C)ccc1N1CCNCC1. The maximum atomic E-state index is 13.2. The van der Waals surface area contributed by atoms with Crippen molar-refractivity contribution >= 4 is 27.3 Å². The molecule has 174 valence electrons. The molecular weight excluding hydrogens is 428 g/mol. The van der Waals surface area contributed by atoms with E-state index in [1.807, 2.05) is 25.1 Å². The third kappa shape index (κ3) is 5.59. The predicted octanol–water partition coefficient (Wildman–Crippen LogP) is 2.20. The fourth-order valence-electron chi connectivity index (χ4n) is 4.12.